The molecule has 0 radical (unpaired) electrons. The van der Waals surface area contributed by atoms with Crippen molar-refractivity contribution in [3.05, 3.63) is 0 Å². The lowest BCUT2D eigenvalue weighted by Gasteiger charge is -2.31. The fourth-order valence-corrected chi connectivity index (χ4v) is 2.42. The van der Waals surface area contributed by atoms with Gasteiger partial charge in [0.15, 0.2) is 0 Å². The van der Waals surface area contributed by atoms with Gasteiger partial charge in [0.2, 0.25) is 0 Å². The molecule has 1 aliphatic rings. The summed E-state index contributed by atoms with van der Waals surface area (Å²) >= 11 is 0. The lowest BCUT2D eigenvalue weighted by atomic mass is 9.99. The minimum absolute atomic E-state index is 0.285. The molecule has 2 N–H and O–H groups in total. The predicted molar refractivity (Wildman–Crippen MR) is 59.4 cm³/mol. The van der Waals surface area contributed by atoms with Crippen molar-refractivity contribution in [2.75, 3.05) is 32.8 Å². The van der Waals surface area contributed by atoms with E-state index >= 15 is 0 Å². The lowest BCUT2D eigenvalue weighted by molar-refractivity contribution is 0.133. The fraction of sp³-hybridized carbons (Fsp3) is 1.00. The van der Waals surface area contributed by atoms with Crippen LogP contribution in [0.3, 0.4) is 0 Å². The van der Waals surface area contributed by atoms with E-state index in [0.717, 1.165) is 32.1 Å². The first kappa shape index (κ1) is 12.0. The van der Waals surface area contributed by atoms with Gasteiger partial charge in [0.25, 0.3) is 0 Å². The Morgan fingerprint density at radius 1 is 1.29 bits per heavy atom. The topological polar surface area (TPSA) is 35.5 Å². The summed E-state index contributed by atoms with van der Waals surface area (Å²) in [5.41, 5.74) is 0. The van der Waals surface area contributed by atoms with Crippen LogP contribution in [0.4, 0.5) is 0 Å². The molecule has 3 nitrogen and oxygen atoms in total. The molecule has 1 aliphatic heterocycles. The molecule has 84 valence electrons. The molecule has 1 heterocycles. The average molecular weight is 200 g/mol. The van der Waals surface area contributed by atoms with Crippen molar-refractivity contribution in [1.82, 2.24) is 10.2 Å². The van der Waals surface area contributed by atoms with Crippen LogP contribution in [0.5, 0.6) is 0 Å². The van der Waals surface area contributed by atoms with Gasteiger partial charge in [-0.05, 0) is 25.4 Å². The molecule has 14 heavy (non-hydrogen) atoms. The van der Waals surface area contributed by atoms with E-state index in [4.69, 9.17) is 5.11 Å². The SMILES string of the molecule is CCCN(CCO)C1CNCC1CC. The van der Waals surface area contributed by atoms with E-state index in [2.05, 4.69) is 24.1 Å². The quantitative estimate of drug-likeness (QED) is 0.662. The summed E-state index contributed by atoms with van der Waals surface area (Å²) in [6.45, 7) is 8.93. The Balaban J connectivity index is 2.47. The maximum Gasteiger partial charge on any atom is 0.0558 e. The van der Waals surface area contributed by atoms with Crippen LogP contribution < -0.4 is 5.32 Å². The number of aliphatic hydroxyl groups is 1. The molecular formula is C11H24N2O. The van der Waals surface area contributed by atoms with Gasteiger partial charge >= 0.3 is 0 Å². The van der Waals surface area contributed by atoms with Crippen molar-refractivity contribution in [1.29, 1.82) is 0 Å². The first-order valence-corrected chi connectivity index (χ1v) is 5.89. The number of hydrogen-bond donors (Lipinski definition) is 2. The van der Waals surface area contributed by atoms with Crippen LogP contribution in [-0.4, -0.2) is 48.8 Å². The largest absolute Gasteiger partial charge is 0.395 e. The Bertz CT molecular complexity index is 146. The number of rotatable bonds is 6. The van der Waals surface area contributed by atoms with Gasteiger partial charge in [-0.15, -0.1) is 0 Å². The van der Waals surface area contributed by atoms with Gasteiger partial charge in [0.1, 0.15) is 0 Å². The standard InChI is InChI=1S/C11H24N2O/c1-3-5-13(6-7-14)11-9-12-8-10(11)4-2/h10-12,14H,3-9H2,1-2H3. The van der Waals surface area contributed by atoms with Crippen LogP contribution in [0.25, 0.3) is 0 Å². The van der Waals surface area contributed by atoms with Crippen LogP contribution >= 0.6 is 0 Å². The van der Waals surface area contributed by atoms with E-state index in [-0.39, 0.29) is 6.61 Å². The van der Waals surface area contributed by atoms with Crippen molar-refractivity contribution < 1.29 is 5.11 Å². The Kier molecular flexibility index (Phi) is 5.45. The first-order chi connectivity index (χ1) is 6.83. The van der Waals surface area contributed by atoms with Crippen molar-refractivity contribution in [2.45, 2.75) is 32.7 Å². The molecule has 1 fully saturated rings. The minimum atomic E-state index is 0.285. The van der Waals surface area contributed by atoms with Crippen molar-refractivity contribution >= 4 is 0 Å². The van der Waals surface area contributed by atoms with Gasteiger partial charge in [0, 0.05) is 19.1 Å². The second-order valence-corrected chi connectivity index (χ2v) is 4.15. The second-order valence-electron chi connectivity index (χ2n) is 4.15. The molecular weight excluding hydrogens is 176 g/mol. The number of aliphatic hydroxyl groups excluding tert-OH is 1. The summed E-state index contributed by atoms with van der Waals surface area (Å²) < 4.78 is 0. The Morgan fingerprint density at radius 2 is 2.07 bits per heavy atom. The van der Waals surface area contributed by atoms with Gasteiger partial charge in [-0.25, -0.2) is 0 Å². The molecule has 0 aromatic heterocycles. The van der Waals surface area contributed by atoms with E-state index in [1.54, 1.807) is 0 Å². The molecule has 2 atom stereocenters. The Morgan fingerprint density at radius 3 is 2.64 bits per heavy atom. The zero-order valence-electron chi connectivity index (χ0n) is 9.50. The summed E-state index contributed by atoms with van der Waals surface area (Å²) in [5.74, 6) is 0.771. The van der Waals surface area contributed by atoms with E-state index in [9.17, 15) is 0 Å². The second kappa shape index (κ2) is 6.38. The maximum atomic E-state index is 9.02. The smallest absolute Gasteiger partial charge is 0.0558 e. The number of hydrogen-bond acceptors (Lipinski definition) is 3. The molecule has 0 spiro atoms. The average Bonchev–Trinajstić information content (AvgIpc) is 2.65. The summed E-state index contributed by atoms with van der Waals surface area (Å²) in [5, 5.41) is 12.5. The highest BCUT2D eigenvalue weighted by molar-refractivity contribution is 4.87. The van der Waals surface area contributed by atoms with Crippen LogP contribution in [0, 0.1) is 5.92 Å². The van der Waals surface area contributed by atoms with E-state index in [1.165, 1.54) is 12.8 Å². The molecule has 0 aromatic rings. The van der Waals surface area contributed by atoms with Gasteiger partial charge < -0.3 is 10.4 Å². The summed E-state index contributed by atoms with van der Waals surface area (Å²) in [4.78, 5) is 2.44. The van der Waals surface area contributed by atoms with Gasteiger partial charge in [-0.2, -0.15) is 0 Å². The third-order valence-corrected chi connectivity index (χ3v) is 3.20. The first-order valence-electron chi connectivity index (χ1n) is 5.89. The zero-order valence-corrected chi connectivity index (χ0v) is 9.50. The summed E-state index contributed by atoms with van der Waals surface area (Å²) in [7, 11) is 0. The van der Waals surface area contributed by atoms with Gasteiger partial charge in [-0.1, -0.05) is 20.3 Å². The number of nitrogens with zero attached hydrogens (tertiary/aromatic N) is 1. The molecule has 0 aliphatic carbocycles. The molecule has 1 rings (SSSR count). The van der Waals surface area contributed by atoms with Gasteiger partial charge in [-0.3, -0.25) is 4.90 Å². The molecule has 0 bridgehead atoms. The Labute approximate surface area is 87.5 Å². The summed E-state index contributed by atoms with van der Waals surface area (Å²) in [6, 6.07) is 0.645. The molecule has 1 saturated heterocycles. The van der Waals surface area contributed by atoms with Crippen molar-refractivity contribution in [3.8, 4) is 0 Å². The lowest BCUT2D eigenvalue weighted by Crippen LogP contribution is -2.42. The van der Waals surface area contributed by atoms with Crippen molar-refractivity contribution in [2.24, 2.45) is 5.92 Å². The van der Waals surface area contributed by atoms with Crippen LogP contribution in [0.15, 0.2) is 0 Å². The highest BCUT2D eigenvalue weighted by Gasteiger charge is 2.29. The molecule has 0 amide bonds. The molecule has 0 saturated carbocycles. The van der Waals surface area contributed by atoms with Crippen LogP contribution in [0.2, 0.25) is 0 Å². The number of nitrogens with one attached hydrogen (secondary N) is 1. The van der Waals surface area contributed by atoms with E-state index < -0.39 is 0 Å². The Hall–Kier alpha value is -0.120. The highest BCUT2D eigenvalue weighted by Crippen LogP contribution is 2.18. The molecule has 3 heteroatoms. The normalized spacial score (nSPS) is 27.4. The molecule has 0 aromatic carbocycles. The third-order valence-electron chi connectivity index (χ3n) is 3.20. The maximum absolute atomic E-state index is 9.02. The van der Waals surface area contributed by atoms with Crippen LogP contribution in [-0.2, 0) is 0 Å². The molecule has 2 unspecified atom stereocenters. The monoisotopic (exact) mass is 200 g/mol. The third kappa shape index (κ3) is 2.94. The van der Waals surface area contributed by atoms with E-state index in [0.29, 0.717) is 6.04 Å². The summed E-state index contributed by atoms with van der Waals surface area (Å²) in [6.07, 6.45) is 2.41. The highest BCUT2D eigenvalue weighted by atomic mass is 16.3. The van der Waals surface area contributed by atoms with Crippen LogP contribution in [0.1, 0.15) is 26.7 Å². The zero-order chi connectivity index (χ0) is 10.4. The van der Waals surface area contributed by atoms with Gasteiger partial charge in [0.05, 0.1) is 6.61 Å². The van der Waals surface area contributed by atoms with E-state index in [1.807, 2.05) is 0 Å². The predicted octanol–water partition coefficient (Wildman–Crippen LogP) is 0.689. The van der Waals surface area contributed by atoms with Crippen molar-refractivity contribution in [3.63, 3.8) is 0 Å². The minimum Gasteiger partial charge on any atom is -0.395 e. The fourth-order valence-electron chi connectivity index (χ4n) is 2.42.